The Morgan fingerprint density at radius 3 is 2.76 bits per heavy atom. The minimum absolute atomic E-state index is 0.0465. The zero-order valence-corrected chi connectivity index (χ0v) is 18.3. The summed E-state index contributed by atoms with van der Waals surface area (Å²) in [5, 5.41) is 14.5. The smallest absolute Gasteiger partial charge is 0.239 e. The van der Waals surface area contributed by atoms with Gasteiger partial charge in [-0.3, -0.25) is 4.57 Å². The molecule has 3 aromatic rings. The SMILES string of the molecule is CCCCc1noc(C(C)Sc2nnc(N3CCCC3)n2-c2ccccc2Cl)n1. The van der Waals surface area contributed by atoms with Crippen molar-refractivity contribution < 1.29 is 4.52 Å². The number of hydrogen-bond acceptors (Lipinski definition) is 7. The number of rotatable bonds is 8. The van der Waals surface area contributed by atoms with E-state index in [0.717, 1.165) is 67.8 Å². The number of thioether (sulfide) groups is 1. The lowest BCUT2D eigenvalue weighted by molar-refractivity contribution is 0.374. The third kappa shape index (κ3) is 4.43. The van der Waals surface area contributed by atoms with Crippen LogP contribution < -0.4 is 4.90 Å². The second kappa shape index (κ2) is 9.17. The quantitative estimate of drug-likeness (QED) is 0.458. The molecule has 1 saturated heterocycles. The van der Waals surface area contributed by atoms with E-state index < -0.39 is 0 Å². The minimum Gasteiger partial charge on any atom is -0.341 e. The maximum Gasteiger partial charge on any atom is 0.239 e. The standard InChI is InChI=1S/C20H25ClN6OS/c1-3-4-11-17-22-18(28-25-17)14(2)29-20-24-23-19(26-12-7-8-13-26)27(20)16-10-6-5-9-15(16)21/h5-6,9-10,14H,3-4,7-8,11-13H2,1-2H3. The molecule has 1 aliphatic heterocycles. The molecule has 0 saturated carbocycles. The van der Waals surface area contributed by atoms with Crippen LogP contribution in [0, 0.1) is 0 Å². The zero-order valence-electron chi connectivity index (χ0n) is 16.7. The van der Waals surface area contributed by atoms with Crippen molar-refractivity contribution in [1.29, 1.82) is 0 Å². The van der Waals surface area contributed by atoms with Gasteiger partial charge in [-0.1, -0.05) is 54.0 Å². The Hall–Kier alpha value is -2.06. The average molecular weight is 433 g/mol. The summed E-state index contributed by atoms with van der Waals surface area (Å²) >= 11 is 8.08. The Morgan fingerprint density at radius 1 is 1.21 bits per heavy atom. The lowest BCUT2D eigenvalue weighted by atomic mass is 10.2. The van der Waals surface area contributed by atoms with E-state index in [1.807, 2.05) is 35.8 Å². The fourth-order valence-electron chi connectivity index (χ4n) is 3.38. The first-order valence-corrected chi connectivity index (χ1v) is 11.4. The van der Waals surface area contributed by atoms with Crippen molar-refractivity contribution in [3.63, 3.8) is 0 Å². The molecule has 29 heavy (non-hydrogen) atoms. The van der Waals surface area contributed by atoms with Crippen molar-refractivity contribution in [3.05, 3.63) is 41.0 Å². The highest BCUT2D eigenvalue weighted by Crippen LogP contribution is 2.38. The van der Waals surface area contributed by atoms with Crippen molar-refractivity contribution in [3.8, 4) is 5.69 Å². The van der Waals surface area contributed by atoms with Gasteiger partial charge in [0.2, 0.25) is 11.8 Å². The first kappa shape index (κ1) is 20.2. The van der Waals surface area contributed by atoms with Crippen LogP contribution in [0.25, 0.3) is 5.69 Å². The Morgan fingerprint density at radius 2 is 2.00 bits per heavy atom. The predicted molar refractivity (Wildman–Crippen MR) is 115 cm³/mol. The van der Waals surface area contributed by atoms with Gasteiger partial charge in [0.05, 0.1) is 16.0 Å². The van der Waals surface area contributed by atoms with Crippen LogP contribution in [0.5, 0.6) is 0 Å². The number of hydrogen-bond donors (Lipinski definition) is 0. The van der Waals surface area contributed by atoms with E-state index in [1.54, 1.807) is 11.8 Å². The number of benzene rings is 1. The number of halogens is 1. The van der Waals surface area contributed by atoms with Crippen LogP contribution in [0.1, 0.15) is 56.5 Å². The van der Waals surface area contributed by atoms with Crippen molar-refractivity contribution in [1.82, 2.24) is 24.9 Å². The highest BCUT2D eigenvalue weighted by Gasteiger charge is 2.26. The Bertz CT molecular complexity index is 952. The second-order valence-corrected chi connectivity index (χ2v) is 8.89. The number of anilines is 1. The van der Waals surface area contributed by atoms with Gasteiger partial charge in [0.15, 0.2) is 11.0 Å². The van der Waals surface area contributed by atoms with Crippen LogP contribution in [0.15, 0.2) is 33.9 Å². The lowest BCUT2D eigenvalue weighted by Crippen LogP contribution is -2.22. The van der Waals surface area contributed by atoms with Crippen LogP contribution in [-0.2, 0) is 6.42 Å². The van der Waals surface area contributed by atoms with Gasteiger partial charge in [-0.25, -0.2) is 0 Å². The summed E-state index contributed by atoms with van der Waals surface area (Å²) in [4.78, 5) is 6.82. The van der Waals surface area contributed by atoms with Crippen LogP contribution in [0.3, 0.4) is 0 Å². The molecule has 1 unspecified atom stereocenters. The van der Waals surface area contributed by atoms with Crippen LogP contribution in [0.4, 0.5) is 5.95 Å². The number of nitrogens with zero attached hydrogens (tertiary/aromatic N) is 6. The molecule has 1 aliphatic rings. The van der Waals surface area contributed by atoms with E-state index in [2.05, 4.69) is 32.2 Å². The third-order valence-electron chi connectivity index (χ3n) is 4.97. The van der Waals surface area contributed by atoms with Crippen LogP contribution in [0.2, 0.25) is 5.02 Å². The molecule has 1 atom stereocenters. The molecule has 1 aromatic carbocycles. The molecule has 0 aliphatic carbocycles. The van der Waals surface area contributed by atoms with E-state index in [-0.39, 0.29) is 5.25 Å². The summed E-state index contributed by atoms with van der Waals surface area (Å²) in [6, 6.07) is 7.79. The highest BCUT2D eigenvalue weighted by molar-refractivity contribution is 7.99. The average Bonchev–Trinajstić information content (AvgIpc) is 3.47. The summed E-state index contributed by atoms with van der Waals surface area (Å²) in [6.07, 6.45) is 5.33. The first-order valence-electron chi connectivity index (χ1n) is 10.1. The summed E-state index contributed by atoms with van der Waals surface area (Å²) < 4.78 is 7.54. The molecule has 0 amide bonds. The second-order valence-electron chi connectivity index (χ2n) is 7.18. The molecule has 1 fully saturated rings. The normalized spacial score (nSPS) is 15.2. The molecule has 0 radical (unpaired) electrons. The molecule has 7 nitrogen and oxygen atoms in total. The van der Waals surface area contributed by atoms with Crippen LogP contribution in [-0.4, -0.2) is 38.0 Å². The zero-order chi connectivity index (χ0) is 20.2. The summed E-state index contributed by atoms with van der Waals surface area (Å²) in [7, 11) is 0. The number of para-hydroxylation sites is 1. The summed E-state index contributed by atoms with van der Waals surface area (Å²) in [6.45, 7) is 6.16. The van der Waals surface area contributed by atoms with Gasteiger partial charge in [0.1, 0.15) is 0 Å². The molecular formula is C20H25ClN6OS. The first-order chi connectivity index (χ1) is 14.2. The fourth-order valence-corrected chi connectivity index (χ4v) is 4.49. The number of aryl methyl sites for hydroxylation is 1. The molecule has 0 N–H and O–H groups in total. The maximum atomic E-state index is 6.53. The number of aromatic nitrogens is 5. The molecule has 4 rings (SSSR count). The topological polar surface area (TPSA) is 72.9 Å². The van der Waals surface area contributed by atoms with E-state index in [1.165, 1.54) is 0 Å². The van der Waals surface area contributed by atoms with Gasteiger partial charge in [-0.2, -0.15) is 4.98 Å². The van der Waals surface area contributed by atoms with Gasteiger partial charge in [0.25, 0.3) is 0 Å². The predicted octanol–water partition coefficient (Wildman–Crippen LogP) is 5.10. The molecule has 0 bridgehead atoms. The van der Waals surface area contributed by atoms with Gasteiger partial charge in [-0.05, 0) is 38.3 Å². The highest BCUT2D eigenvalue weighted by atomic mass is 35.5. The number of unbranched alkanes of at least 4 members (excludes halogenated alkanes) is 1. The minimum atomic E-state index is -0.0465. The third-order valence-corrected chi connectivity index (χ3v) is 6.32. The van der Waals surface area contributed by atoms with Gasteiger partial charge in [-0.15, -0.1) is 10.2 Å². The Kier molecular flexibility index (Phi) is 6.40. The molecule has 0 spiro atoms. The van der Waals surface area contributed by atoms with Crippen LogP contribution >= 0.6 is 23.4 Å². The molecule has 9 heteroatoms. The summed E-state index contributed by atoms with van der Waals surface area (Å²) in [5.41, 5.74) is 0.880. The maximum absolute atomic E-state index is 6.53. The Labute approximate surface area is 179 Å². The largest absolute Gasteiger partial charge is 0.341 e. The summed E-state index contributed by atoms with van der Waals surface area (Å²) in [5.74, 6) is 2.21. The van der Waals surface area contributed by atoms with E-state index in [0.29, 0.717) is 10.9 Å². The molecule has 3 heterocycles. The van der Waals surface area contributed by atoms with Gasteiger partial charge in [0, 0.05) is 19.5 Å². The van der Waals surface area contributed by atoms with Gasteiger partial charge < -0.3 is 9.42 Å². The van der Waals surface area contributed by atoms with E-state index >= 15 is 0 Å². The van der Waals surface area contributed by atoms with Crippen molar-refractivity contribution in [2.45, 2.75) is 56.4 Å². The van der Waals surface area contributed by atoms with Crippen molar-refractivity contribution in [2.75, 3.05) is 18.0 Å². The lowest BCUT2D eigenvalue weighted by Gasteiger charge is -2.19. The molecule has 2 aromatic heterocycles. The molecule has 154 valence electrons. The monoisotopic (exact) mass is 432 g/mol. The molecular weight excluding hydrogens is 408 g/mol. The van der Waals surface area contributed by atoms with E-state index in [4.69, 9.17) is 16.1 Å². The van der Waals surface area contributed by atoms with Crippen molar-refractivity contribution in [2.24, 2.45) is 0 Å². The fraction of sp³-hybridized carbons (Fsp3) is 0.500. The Balaban J connectivity index is 1.63. The van der Waals surface area contributed by atoms with Gasteiger partial charge >= 0.3 is 0 Å². The van der Waals surface area contributed by atoms with E-state index in [9.17, 15) is 0 Å². The van der Waals surface area contributed by atoms with Crippen molar-refractivity contribution >= 4 is 29.3 Å².